The first kappa shape index (κ1) is 12.7. The molecule has 1 amide bonds. The molecule has 1 fully saturated rings. The van der Waals surface area contributed by atoms with Crippen molar-refractivity contribution >= 4 is 17.3 Å². The third-order valence-electron chi connectivity index (χ3n) is 3.32. The average molecular weight is 266 g/mol. The Bertz CT molecular complexity index is 574. The Kier molecular flexibility index (Phi) is 3.68. The molecule has 0 saturated heterocycles. The van der Waals surface area contributed by atoms with E-state index in [1.165, 1.54) is 12.8 Å². The maximum atomic E-state index is 11.9. The van der Waals surface area contributed by atoms with E-state index in [4.69, 9.17) is 0 Å². The summed E-state index contributed by atoms with van der Waals surface area (Å²) in [4.78, 5) is 11.9. The van der Waals surface area contributed by atoms with Crippen LogP contribution in [-0.4, -0.2) is 11.9 Å². The molecule has 3 rings (SSSR count). The molecule has 2 aromatic rings. The molecule has 0 atom stereocenters. The van der Waals surface area contributed by atoms with Gasteiger partial charge in [0.1, 0.15) is 0 Å². The Balaban J connectivity index is 1.55. The van der Waals surface area contributed by atoms with Crippen LogP contribution in [0.4, 0.5) is 11.4 Å². The van der Waals surface area contributed by atoms with Gasteiger partial charge in [0.15, 0.2) is 0 Å². The van der Waals surface area contributed by atoms with Gasteiger partial charge in [-0.25, -0.2) is 0 Å². The topological polar surface area (TPSA) is 41.1 Å². The van der Waals surface area contributed by atoms with Crippen molar-refractivity contribution in [2.24, 2.45) is 0 Å². The Hall–Kier alpha value is -2.29. The third-order valence-corrected chi connectivity index (χ3v) is 3.32. The number of anilines is 2. The Morgan fingerprint density at radius 2 is 1.60 bits per heavy atom. The fourth-order valence-corrected chi connectivity index (χ4v) is 2.10. The highest BCUT2D eigenvalue weighted by atomic mass is 16.1. The zero-order valence-electron chi connectivity index (χ0n) is 11.3. The first-order valence-corrected chi connectivity index (χ1v) is 7.00. The van der Waals surface area contributed by atoms with Crippen molar-refractivity contribution in [2.75, 3.05) is 10.6 Å². The highest BCUT2D eigenvalue weighted by Crippen LogP contribution is 2.25. The second kappa shape index (κ2) is 5.78. The number of hydrogen-bond donors (Lipinski definition) is 2. The summed E-state index contributed by atoms with van der Waals surface area (Å²) in [5.41, 5.74) is 2.98. The Labute approximate surface area is 119 Å². The summed E-state index contributed by atoms with van der Waals surface area (Å²) in [6, 6.07) is 18.3. The largest absolute Gasteiger partial charge is 0.382 e. The molecule has 0 bridgehead atoms. The van der Waals surface area contributed by atoms with Gasteiger partial charge < -0.3 is 10.6 Å². The van der Waals surface area contributed by atoms with Gasteiger partial charge in [0.2, 0.25) is 5.91 Å². The number of hydrogen-bond acceptors (Lipinski definition) is 2. The minimum absolute atomic E-state index is 0.0131. The predicted octanol–water partition coefficient (Wildman–Crippen LogP) is 3.44. The van der Waals surface area contributed by atoms with Crippen LogP contribution >= 0.6 is 0 Å². The van der Waals surface area contributed by atoms with E-state index in [2.05, 4.69) is 10.6 Å². The van der Waals surface area contributed by atoms with E-state index >= 15 is 0 Å². The number of amides is 1. The first-order chi connectivity index (χ1) is 9.79. The number of nitrogens with one attached hydrogen (secondary N) is 2. The lowest BCUT2D eigenvalue weighted by atomic mass is 10.1. The fourth-order valence-electron chi connectivity index (χ4n) is 2.10. The van der Waals surface area contributed by atoms with Crippen LogP contribution in [0, 0.1) is 0 Å². The summed E-state index contributed by atoms with van der Waals surface area (Å²) in [6.07, 6.45) is 2.92. The molecule has 102 valence electrons. The minimum Gasteiger partial charge on any atom is -0.382 e. The molecule has 1 aliphatic carbocycles. The van der Waals surface area contributed by atoms with Crippen molar-refractivity contribution < 1.29 is 4.79 Å². The number of rotatable bonds is 5. The van der Waals surface area contributed by atoms with Gasteiger partial charge in [0.25, 0.3) is 0 Å². The first-order valence-electron chi connectivity index (χ1n) is 7.00. The number of benzene rings is 2. The fraction of sp³-hybridized carbons (Fsp3) is 0.235. The highest BCUT2D eigenvalue weighted by molar-refractivity contribution is 5.92. The van der Waals surface area contributed by atoms with Crippen LogP contribution in [0.3, 0.4) is 0 Å². The molecule has 1 aliphatic rings. The van der Waals surface area contributed by atoms with Crippen molar-refractivity contribution in [3.05, 3.63) is 60.2 Å². The van der Waals surface area contributed by atoms with E-state index in [1.54, 1.807) is 0 Å². The smallest absolute Gasteiger partial charge is 0.228 e. The van der Waals surface area contributed by atoms with Gasteiger partial charge in [-0.05, 0) is 42.7 Å². The second-order valence-corrected chi connectivity index (χ2v) is 5.21. The van der Waals surface area contributed by atoms with E-state index < -0.39 is 0 Å². The molecule has 20 heavy (non-hydrogen) atoms. The van der Waals surface area contributed by atoms with Gasteiger partial charge in [-0.3, -0.25) is 4.79 Å². The molecule has 0 aliphatic heterocycles. The van der Waals surface area contributed by atoms with Crippen molar-refractivity contribution in [1.82, 2.24) is 0 Å². The summed E-state index contributed by atoms with van der Waals surface area (Å²) in [5, 5.41) is 6.34. The van der Waals surface area contributed by atoms with Crippen molar-refractivity contribution in [3.8, 4) is 0 Å². The Morgan fingerprint density at radius 3 is 2.25 bits per heavy atom. The van der Waals surface area contributed by atoms with E-state index in [1.807, 2.05) is 54.6 Å². The average Bonchev–Trinajstić information content (AvgIpc) is 3.26. The van der Waals surface area contributed by atoms with Gasteiger partial charge in [-0.1, -0.05) is 30.3 Å². The normalized spacial score (nSPS) is 13.8. The highest BCUT2D eigenvalue weighted by Gasteiger charge is 2.20. The van der Waals surface area contributed by atoms with Crippen molar-refractivity contribution in [2.45, 2.75) is 25.3 Å². The van der Waals surface area contributed by atoms with Crippen molar-refractivity contribution in [1.29, 1.82) is 0 Å². The van der Waals surface area contributed by atoms with Gasteiger partial charge >= 0.3 is 0 Å². The Morgan fingerprint density at radius 1 is 0.950 bits per heavy atom. The van der Waals surface area contributed by atoms with Crippen molar-refractivity contribution in [3.63, 3.8) is 0 Å². The molecular formula is C17H18N2O. The van der Waals surface area contributed by atoms with Gasteiger partial charge in [-0.2, -0.15) is 0 Å². The molecule has 0 unspecified atom stereocenters. The lowest BCUT2D eigenvalue weighted by molar-refractivity contribution is -0.115. The third kappa shape index (κ3) is 3.60. The summed E-state index contributed by atoms with van der Waals surface area (Å²) in [7, 11) is 0. The summed E-state index contributed by atoms with van der Waals surface area (Å²) >= 11 is 0. The monoisotopic (exact) mass is 266 g/mol. The maximum absolute atomic E-state index is 11.9. The zero-order chi connectivity index (χ0) is 13.8. The summed E-state index contributed by atoms with van der Waals surface area (Å²) in [5.74, 6) is 0.0131. The molecule has 0 heterocycles. The van der Waals surface area contributed by atoms with E-state index in [0.717, 1.165) is 16.9 Å². The second-order valence-electron chi connectivity index (χ2n) is 5.21. The van der Waals surface area contributed by atoms with Crippen LogP contribution < -0.4 is 10.6 Å². The van der Waals surface area contributed by atoms with E-state index in [9.17, 15) is 4.79 Å². The van der Waals surface area contributed by atoms with Crippen LogP contribution in [-0.2, 0) is 11.2 Å². The SMILES string of the molecule is O=C(Cc1ccccc1)Nc1ccc(NC2CC2)cc1. The number of carbonyl (C=O) groups excluding carboxylic acids is 1. The molecule has 0 radical (unpaired) electrons. The molecule has 2 N–H and O–H groups in total. The summed E-state index contributed by atoms with van der Waals surface area (Å²) < 4.78 is 0. The molecule has 3 nitrogen and oxygen atoms in total. The molecule has 3 heteroatoms. The quantitative estimate of drug-likeness (QED) is 0.870. The minimum atomic E-state index is 0.0131. The van der Waals surface area contributed by atoms with Gasteiger partial charge in [-0.15, -0.1) is 0 Å². The van der Waals surface area contributed by atoms with E-state index in [0.29, 0.717) is 12.5 Å². The van der Waals surface area contributed by atoms with E-state index in [-0.39, 0.29) is 5.91 Å². The number of carbonyl (C=O) groups is 1. The summed E-state index contributed by atoms with van der Waals surface area (Å²) in [6.45, 7) is 0. The maximum Gasteiger partial charge on any atom is 0.228 e. The van der Waals surface area contributed by atoms with Gasteiger partial charge in [0, 0.05) is 17.4 Å². The van der Waals surface area contributed by atoms with Crippen LogP contribution in [0.25, 0.3) is 0 Å². The lowest BCUT2D eigenvalue weighted by Gasteiger charge is -2.08. The van der Waals surface area contributed by atoms with Gasteiger partial charge in [0.05, 0.1) is 6.42 Å². The predicted molar refractivity (Wildman–Crippen MR) is 81.9 cm³/mol. The van der Waals surface area contributed by atoms with Crippen LogP contribution in [0.15, 0.2) is 54.6 Å². The van der Waals surface area contributed by atoms with Crippen LogP contribution in [0.2, 0.25) is 0 Å². The molecule has 0 spiro atoms. The molecular weight excluding hydrogens is 248 g/mol. The zero-order valence-corrected chi connectivity index (χ0v) is 11.3. The molecule has 1 saturated carbocycles. The lowest BCUT2D eigenvalue weighted by Crippen LogP contribution is -2.14. The molecule has 0 aromatic heterocycles. The molecule has 2 aromatic carbocycles. The van der Waals surface area contributed by atoms with Crippen LogP contribution in [0.5, 0.6) is 0 Å². The van der Waals surface area contributed by atoms with Crippen LogP contribution in [0.1, 0.15) is 18.4 Å². The standard InChI is InChI=1S/C17H18N2O/c20-17(12-13-4-2-1-3-5-13)19-16-10-8-15(9-11-16)18-14-6-7-14/h1-5,8-11,14,18H,6-7,12H2,(H,19,20).